The molecule has 0 aliphatic rings. The Morgan fingerprint density at radius 2 is 0.900 bits per heavy atom. The van der Waals surface area contributed by atoms with Gasteiger partial charge in [-0.05, 0) is 96.3 Å². The quantitative estimate of drug-likeness (QED) is 0.0232. The second-order valence-corrected chi connectivity index (χ2v) is 15.9. The zero-order valence-electron chi connectivity index (χ0n) is 36.8. The summed E-state index contributed by atoms with van der Waals surface area (Å²) in [5.41, 5.74) is 5.33. The maximum atomic E-state index is 12.6. The highest BCUT2D eigenvalue weighted by Gasteiger charge is 2.28. The van der Waals surface area contributed by atoms with Crippen molar-refractivity contribution in [1.82, 2.24) is 0 Å². The van der Waals surface area contributed by atoms with Crippen molar-refractivity contribution in [1.29, 1.82) is 0 Å². The molecule has 0 amide bonds. The average Bonchev–Trinajstić information content (AvgIpc) is 3.22. The number of carboxylic acid groups (broad SMARTS) is 1. The molecular formula is C48H78NO10P. The number of phosphoric ester groups is 1. The van der Waals surface area contributed by atoms with Gasteiger partial charge in [0.25, 0.3) is 0 Å². The second kappa shape index (κ2) is 42.1. The number of rotatable bonds is 40. The highest BCUT2D eigenvalue weighted by molar-refractivity contribution is 7.47. The van der Waals surface area contributed by atoms with Gasteiger partial charge in [0.05, 0.1) is 13.2 Å². The molecule has 0 fully saturated rings. The SMILES string of the molecule is CCCCC/C=C\C/C=C\C/C=C\C/C=C\CCCCCC(=O)OC[C@H](COP(=O)(O)OC[C@H](N)C(=O)O)OC(=O)CCC/C=C\C/C=C\C/C=C\C/C=C\CCCCC. The highest BCUT2D eigenvalue weighted by Crippen LogP contribution is 2.43. The van der Waals surface area contributed by atoms with E-state index in [2.05, 4.69) is 103 Å². The summed E-state index contributed by atoms with van der Waals surface area (Å²) in [6, 6.07) is -1.54. The molecule has 4 N–H and O–H groups in total. The minimum absolute atomic E-state index is 0.0721. The van der Waals surface area contributed by atoms with E-state index in [9.17, 15) is 23.8 Å². The van der Waals surface area contributed by atoms with Crippen LogP contribution in [-0.2, 0) is 37.5 Å². The Morgan fingerprint density at radius 1 is 0.517 bits per heavy atom. The number of allylic oxidation sites excluding steroid dienone is 16. The van der Waals surface area contributed by atoms with Crippen molar-refractivity contribution < 1.29 is 47.5 Å². The van der Waals surface area contributed by atoms with Gasteiger partial charge in [-0.2, -0.15) is 0 Å². The summed E-state index contributed by atoms with van der Waals surface area (Å²) >= 11 is 0. The first-order valence-corrected chi connectivity index (χ1v) is 23.8. The first-order chi connectivity index (χ1) is 29.1. The molecule has 12 heteroatoms. The molecule has 11 nitrogen and oxygen atoms in total. The predicted molar refractivity (Wildman–Crippen MR) is 244 cm³/mol. The number of nitrogens with two attached hydrogens (primary N) is 1. The van der Waals surface area contributed by atoms with Crippen LogP contribution in [0.1, 0.15) is 155 Å². The molecule has 60 heavy (non-hydrogen) atoms. The zero-order valence-corrected chi connectivity index (χ0v) is 37.6. The van der Waals surface area contributed by atoms with Crippen molar-refractivity contribution in [2.45, 2.75) is 167 Å². The number of carbonyl (C=O) groups excluding carboxylic acids is 2. The van der Waals surface area contributed by atoms with Gasteiger partial charge in [0.15, 0.2) is 6.10 Å². The minimum Gasteiger partial charge on any atom is -0.480 e. The van der Waals surface area contributed by atoms with Crippen LogP contribution in [0, 0.1) is 0 Å². The zero-order chi connectivity index (χ0) is 44.2. The molecule has 1 unspecified atom stereocenters. The lowest BCUT2D eigenvalue weighted by Gasteiger charge is -2.20. The molecule has 0 saturated heterocycles. The molecule has 0 aliphatic carbocycles. The lowest BCUT2D eigenvalue weighted by Crippen LogP contribution is -2.34. The van der Waals surface area contributed by atoms with E-state index in [1.54, 1.807) is 0 Å². The molecule has 0 aliphatic heterocycles. The Labute approximate surface area is 362 Å². The van der Waals surface area contributed by atoms with Gasteiger partial charge in [-0.3, -0.25) is 23.4 Å². The van der Waals surface area contributed by atoms with E-state index in [0.717, 1.165) is 64.2 Å². The minimum atomic E-state index is -4.75. The lowest BCUT2D eigenvalue weighted by molar-refractivity contribution is -0.161. The van der Waals surface area contributed by atoms with Crippen molar-refractivity contribution in [2.75, 3.05) is 19.8 Å². The van der Waals surface area contributed by atoms with Crippen LogP contribution in [0.4, 0.5) is 0 Å². The monoisotopic (exact) mass is 860 g/mol. The molecule has 0 radical (unpaired) electrons. The van der Waals surface area contributed by atoms with E-state index in [4.69, 9.17) is 24.8 Å². The van der Waals surface area contributed by atoms with Gasteiger partial charge in [0.1, 0.15) is 12.6 Å². The van der Waals surface area contributed by atoms with Crippen molar-refractivity contribution in [2.24, 2.45) is 5.73 Å². The molecule has 0 heterocycles. The van der Waals surface area contributed by atoms with Crippen LogP contribution in [0.15, 0.2) is 97.2 Å². The van der Waals surface area contributed by atoms with Gasteiger partial charge in [0.2, 0.25) is 0 Å². The largest absolute Gasteiger partial charge is 0.480 e. The predicted octanol–water partition coefficient (Wildman–Crippen LogP) is 12.1. The van der Waals surface area contributed by atoms with Crippen LogP contribution in [0.25, 0.3) is 0 Å². The summed E-state index contributed by atoms with van der Waals surface area (Å²) in [6.45, 7) is 2.64. The van der Waals surface area contributed by atoms with Crippen LogP contribution in [0.5, 0.6) is 0 Å². The number of esters is 2. The molecular weight excluding hydrogens is 781 g/mol. The van der Waals surface area contributed by atoms with E-state index >= 15 is 0 Å². The third-order valence-corrected chi connectivity index (χ3v) is 9.76. The highest BCUT2D eigenvalue weighted by atomic mass is 31.2. The van der Waals surface area contributed by atoms with Gasteiger partial charge < -0.3 is 25.2 Å². The maximum Gasteiger partial charge on any atom is 0.472 e. The first kappa shape index (κ1) is 56.4. The summed E-state index contributed by atoms with van der Waals surface area (Å²) in [5, 5.41) is 8.89. The van der Waals surface area contributed by atoms with Crippen molar-refractivity contribution in [3.05, 3.63) is 97.2 Å². The van der Waals surface area contributed by atoms with Crippen molar-refractivity contribution in [3.63, 3.8) is 0 Å². The number of carboxylic acids is 1. The Balaban J connectivity index is 4.53. The fourth-order valence-electron chi connectivity index (χ4n) is 5.27. The third-order valence-electron chi connectivity index (χ3n) is 8.80. The molecule has 0 aromatic rings. The molecule has 0 spiro atoms. The number of hydrogen-bond donors (Lipinski definition) is 3. The summed E-state index contributed by atoms with van der Waals surface area (Å²) in [5.74, 6) is -2.51. The fourth-order valence-corrected chi connectivity index (χ4v) is 6.05. The molecule has 0 bridgehead atoms. The van der Waals surface area contributed by atoms with E-state index in [-0.39, 0.29) is 12.8 Å². The van der Waals surface area contributed by atoms with Crippen LogP contribution in [-0.4, -0.2) is 59.9 Å². The standard InChI is InChI=1S/C48H78NO10P/c1-3-5-7-9-11-13-15-17-19-21-22-24-25-27-29-31-33-35-37-39-46(50)56-41-44(42-57-60(54,55)58-43-45(49)48(52)53)59-47(51)40-38-36-34-32-30-28-26-23-20-18-16-14-12-10-8-6-4-2/h11-14,17-20,22,24,26-29,32,34,44-45H,3-10,15-16,21,23,25,30-31,33,35-43,49H2,1-2H3,(H,52,53)(H,54,55)/b13-11-,14-12-,19-17-,20-18-,24-22-,28-26-,29-27-,34-32-/t44-,45+/m1/s1. The van der Waals surface area contributed by atoms with Gasteiger partial charge in [0, 0.05) is 12.8 Å². The van der Waals surface area contributed by atoms with Gasteiger partial charge >= 0.3 is 25.7 Å². The first-order valence-electron chi connectivity index (χ1n) is 22.3. The number of carbonyl (C=O) groups is 3. The molecule has 340 valence electrons. The maximum absolute atomic E-state index is 12.6. The van der Waals surface area contributed by atoms with Crippen LogP contribution in [0.3, 0.4) is 0 Å². The average molecular weight is 860 g/mol. The number of aliphatic carboxylic acids is 1. The third kappa shape index (κ3) is 41.1. The molecule has 3 atom stereocenters. The number of hydrogen-bond acceptors (Lipinski definition) is 9. The van der Waals surface area contributed by atoms with E-state index in [1.807, 2.05) is 12.2 Å². The van der Waals surface area contributed by atoms with Gasteiger partial charge in [-0.25, -0.2) is 4.57 Å². The van der Waals surface area contributed by atoms with Crippen LogP contribution in [0.2, 0.25) is 0 Å². The van der Waals surface area contributed by atoms with Crippen LogP contribution >= 0.6 is 7.82 Å². The summed E-state index contributed by atoms with van der Waals surface area (Å²) in [6.07, 6.45) is 53.3. The summed E-state index contributed by atoms with van der Waals surface area (Å²) in [4.78, 5) is 46.0. The van der Waals surface area contributed by atoms with E-state index in [1.165, 1.54) is 44.9 Å². The molecule has 0 aromatic heterocycles. The van der Waals surface area contributed by atoms with E-state index < -0.39 is 57.7 Å². The lowest BCUT2D eigenvalue weighted by atomic mass is 10.1. The van der Waals surface area contributed by atoms with E-state index in [0.29, 0.717) is 19.3 Å². The Kier molecular flexibility index (Phi) is 39.6. The second-order valence-electron chi connectivity index (χ2n) is 14.5. The topological polar surface area (TPSA) is 172 Å². The van der Waals surface area contributed by atoms with Gasteiger partial charge in [-0.1, -0.05) is 143 Å². The van der Waals surface area contributed by atoms with Gasteiger partial charge in [-0.15, -0.1) is 0 Å². The summed E-state index contributed by atoms with van der Waals surface area (Å²) in [7, 11) is -4.75. The fraction of sp³-hybridized carbons (Fsp3) is 0.604. The van der Waals surface area contributed by atoms with Crippen molar-refractivity contribution in [3.8, 4) is 0 Å². The Hall–Kier alpha value is -3.60. The normalized spacial score (nSPS) is 14.6. The molecule has 0 rings (SSSR count). The Morgan fingerprint density at radius 3 is 1.33 bits per heavy atom. The molecule has 0 saturated carbocycles. The number of ether oxygens (including phenoxy) is 2. The van der Waals surface area contributed by atoms with Crippen LogP contribution < -0.4 is 5.73 Å². The summed E-state index contributed by atoms with van der Waals surface area (Å²) < 4.78 is 32.6. The smallest absolute Gasteiger partial charge is 0.472 e. The number of phosphoric acid groups is 1. The number of unbranched alkanes of at least 4 members (excludes halogenated alkanes) is 10. The molecule has 0 aromatic carbocycles. The Bertz CT molecular complexity index is 1380. The van der Waals surface area contributed by atoms with Crippen molar-refractivity contribution >= 4 is 25.7 Å².